The van der Waals surface area contributed by atoms with Crippen LogP contribution in [0.1, 0.15) is 28.8 Å². The number of halogens is 1. The number of aromatic nitrogens is 1. The quantitative estimate of drug-likeness (QED) is 0.602. The van der Waals surface area contributed by atoms with E-state index in [0.29, 0.717) is 37.3 Å². The lowest BCUT2D eigenvalue weighted by atomic mass is 9.96. The first-order valence-corrected chi connectivity index (χ1v) is 11.2. The second-order valence-corrected chi connectivity index (χ2v) is 9.10. The standard InChI is InChI=1S/C19H21ClN4O5S/c20-15-16(21)14(19(26)27)10-22-17(15)24-8-6-13(7-9-24)18(25)23-30(28,29)11-12-4-2-1-3-5-12/h1-5,10,13H,6-9,11H2,(H2,21,22)(H,23,25)(H,26,27). The van der Waals surface area contributed by atoms with Gasteiger partial charge in [-0.05, 0) is 18.4 Å². The maximum Gasteiger partial charge on any atom is 0.339 e. The highest BCUT2D eigenvalue weighted by Gasteiger charge is 2.30. The first-order chi connectivity index (χ1) is 14.2. The van der Waals surface area contributed by atoms with Gasteiger partial charge in [0.2, 0.25) is 15.9 Å². The van der Waals surface area contributed by atoms with Gasteiger partial charge in [0.25, 0.3) is 0 Å². The number of piperidine rings is 1. The first kappa shape index (κ1) is 21.8. The topological polar surface area (TPSA) is 143 Å². The smallest absolute Gasteiger partial charge is 0.339 e. The van der Waals surface area contributed by atoms with Crippen molar-refractivity contribution in [2.45, 2.75) is 18.6 Å². The Morgan fingerprint density at radius 1 is 1.23 bits per heavy atom. The van der Waals surface area contributed by atoms with Crippen LogP contribution < -0.4 is 15.4 Å². The number of carbonyl (C=O) groups excluding carboxylic acids is 1. The molecule has 1 saturated heterocycles. The van der Waals surface area contributed by atoms with Gasteiger partial charge in [-0.2, -0.15) is 0 Å². The van der Waals surface area contributed by atoms with Crippen molar-refractivity contribution >= 4 is 45.0 Å². The monoisotopic (exact) mass is 452 g/mol. The number of sulfonamides is 1. The Balaban J connectivity index is 1.61. The number of nitrogens with two attached hydrogens (primary N) is 1. The summed E-state index contributed by atoms with van der Waals surface area (Å²) in [7, 11) is -3.79. The van der Waals surface area contributed by atoms with Crippen LogP contribution in [0.15, 0.2) is 36.5 Å². The molecule has 1 aliphatic rings. The van der Waals surface area contributed by atoms with Crippen molar-refractivity contribution in [1.82, 2.24) is 9.71 Å². The van der Waals surface area contributed by atoms with E-state index in [2.05, 4.69) is 9.71 Å². The molecule has 1 aromatic carbocycles. The molecule has 1 amide bonds. The summed E-state index contributed by atoms with van der Waals surface area (Å²) < 4.78 is 26.7. The Hall–Kier alpha value is -2.85. The highest BCUT2D eigenvalue weighted by molar-refractivity contribution is 7.89. The molecule has 0 spiro atoms. The van der Waals surface area contributed by atoms with E-state index in [-0.39, 0.29) is 22.0 Å². The summed E-state index contributed by atoms with van der Waals surface area (Å²) in [6, 6.07) is 8.61. The average molecular weight is 453 g/mol. The predicted molar refractivity (Wildman–Crippen MR) is 113 cm³/mol. The van der Waals surface area contributed by atoms with Crippen LogP contribution in [-0.4, -0.2) is 43.5 Å². The second kappa shape index (κ2) is 8.88. The van der Waals surface area contributed by atoms with Crippen molar-refractivity contribution in [2.24, 2.45) is 5.92 Å². The fourth-order valence-corrected chi connectivity index (χ4v) is 4.75. The van der Waals surface area contributed by atoms with Gasteiger partial charge >= 0.3 is 5.97 Å². The maximum absolute atomic E-state index is 12.5. The highest BCUT2D eigenvalue weighted by atomic mass is 35.5. The molecule has 0 aliphatic carbocycles. The van der Waals surface area contributed by atoms with Gasteiger partial charge in [-0.15, -0.1) is 0 Å². The average Bonchev–Trinajstić information content (AvgIpc) is 2.70. The summed E-state index contributed by atoms with van der Waals surface area (Å²) in [5.41, 5.74) is 6.13. The van der Waals surface area contributed by atoms with Gasteiger partial charge in [0.05, 0.1) is 11.4 Å². The van der Waals surface area contributed by atoms with E-state index in [1.807, 2.05) is 0 Å². The van der Waals surface area contributed by atoms with Crippen molar-refractivity contribution in [3.05, 3.63) is 52.7 Å². The Labute approximate surface area is 178 Å². The highest BCUT2D eigenvalue weighted by Crippen LogP contribution is 2.33. The van der Waals surface area contributed by atoms with Crippen molar-refractivity contribution in [3.63, 3.8) is 0 Å². The van der Waals surface area contributed by atoms with Crippen LogP contribution >= 0.6 is 11.6 Å². The Morgan fingerprint density at radius 2 is 1.87 bits per heavy atom. The molecular weight excluding hydrogens is 432 g/mol. The van der Waals surface area contributed by atoms with Crippen LogP contribution in [0.5, 0.6) is 0 Å². The summed E-state index contributed by atoms with van der Waals surface area (Å²) in [6.45, 7) is 0.796. The molecule has 0 bridgehead atoms. The molecule has 9 nitrogen and oxygen atoms in total. The van der Waals surface area contributed by atoms with E-state index in [4.69, 9.17) is 22.4 Å². The lowest BCUT2D eigenvalue weighted by Gasteiger charge is -2.32. The van der Waals surface area contributed by atoms with E-state index in [9.17, 15) is 18.0 Å². The number of carbonyl (C=O) groups is 2. The molecule has 4 N–H and O–H groups in total. The van der Waals surface area contributed by atoms with Crippen molar-refractivity contribution in [1.29, 1.82) is 0 Å². The van der Waals surface area contributed by atoms with Gasteiger partial charge in [0.15, 0.2) is 0 Å². The number of nitrogens with one attached hydrogen (secondary N) is 1. The molecule has 0 unspecified atom stereocenters. The van der Waals surface area contributed by atoms with Crippen molar-refractivity contribution in [2.75, 3.05) is 23.7 Å². The minimum absolute atomic E-state index is 0.0447. The Kier molecular flexibility index (Phi) is 6.47. The number of anilines is 2. The second-order valence-electron chi connectivity index (χ2n) is 7.00. The zero-order valence-electron chi connectivity index (χ0n) is 15.9. The number of rotatable bonds is 6. The number of benzene rings is 1. The van der Waals surface area contributed by atoms with E-state index < -0.39 is 27.8 Å². The third-order valence-electron chi connectivity index (χ3n) is 4.89. The lowest BCUT2D eigenvalue weighted by Crippen LogP contribution is -2.43. The molecular formula is C19H21ClN4O5S. The molecule has 1 fully saturated rings. The molecule has 3 rings (SSSR count). The molecule has 11 heteroatoms. The number of amides is 1. The fraction of sp³-hybridized carbons (Fsp3) is 0.316. The number of pyridine rings is 1. The van der Waals surface area contributed by atoms with Gasteiger partial charge in [-0.3, -0.25) is 9.52 Å². The third kappa shape index (κ3) is 5.00. The van der Waals surface area contributed by atoms with Crippen LogP contribution in [0.2, 0.25) is 5.02 Å². The van der Waals surface area contributed by atoms with Crippen molar-refractivity contribution < 1.29 is 23.1 Å². The van der Waals surface area contributed by atoms with E-state index in [1.54, 1.807) is 35.2 Å². The van der Waals surface area contributed by atoms with Gasteiger partial charge in [0, 0.05) is 25.2 Å². The number of nitrogen functional groups attached to an aromatic ring is 1. The molecule has 30 heavy (non-hydrogen) atoms. The minimum Gasteiger partial charge on any atom is -0.478 e. The summed E-state index contributed by atoms with van der Waals surface area (Å²) in [5.74, 6) is -2.16. The maximum atomic E-state index is 12.5. The van der Waals surface area contributed by atoms with Gasteiger partial charge in [-0.1, -0.05) is 41.9 Å². The van der Waals surface area contributed by atoms with E-state index >= 15 is 0 Å². The van der Waals surface area contributed by atoms with Crippen LogP contribution in [0.3, 0.4) is 0 Å². The van der Waals surface area contributed by atoms with Crippen LogP contribution in [0.4, 0.5) is 11.5 Å². The fourth-order valence-electron chi connectivity index (χ4n) is 3.30. The molecule has 2 aromatic rings. The summed E-state index contributed by atoms with van der Waals surface area (Å²) in [4.78, 5) is 29.5. The molecule has 2 heterocycles. The third-order valence-corrected chi connectivity index (χ3v) is 6.49. The number of hydrogen-bond donors (Lipinski definition) is 3. The van der Waals surface area contributed by atoms with Crippen LogP contribution in [0, 0.1) is 5.92 Å². The largest absolute Gasteiger partial charge is 0.478 e. The molecule has 0 atom stereocenters. The van der Waals surface area contributed by atoms with E-state index in [1.165, 1.54) is 0 Å². The number of hydrogen-bond acceptors (Lipinski definition) is 7. The van der Waals surface area contributed by atoms with Crippen LogP contribution in [0.25, 0.3) is 0 Å². The summed E-state index contributed by atoms with van der Waals surface area (Å²) in [5, 5.41) is 9.13. The molecule has 0 saturated carbocycles. The van der Waals surface area contributed by atoms with Gasteiger partial charge in [0.1, 0.15) is 16.4 Å². The zero-order chi connectivity index (χ0) is 21.9. The summed E-state index contributed by atoms with van der Waals surface area (Å²) >= 11 is 6.19. The molecule has 0 radical (unpaired) electrons. The molecule has 160 valence electrons. The number of carboxylic acid groups (broad SMARTS) is 1. The number of aromatic carboxylic acids is 1. The normalized spacial score (nSPS) is 15.0. The van der Waals surface area contributed by atoms with Crippen LogP contribution in [-0.2, 0) is 20.6 Å². The van der Waals surface area contributed by atoms with Crippen molar-refractivity contribution in [3.8, 4) is 0 Å². The lowest BCUT2D eigenvalue weighted by molar-refractivity contribution is -0.123. The first-order valence-electron chi connectivity index (χ1n) is 9.18. The summed E-state index contributed by atoms with van der Waals surface area (Å²) in [6.07, 6.45) is 1.93. The zero-order valence-corrected chi connectivity index (χ0v) is 17.5. The predicted octanol–water partition coefficient (Wildman–Crippen LogP) is 1.88. The SMILES string of the molecule is Nc1c(C(=O)O)cnc(N2CCC(C(=O)NS(=O)(=O)Cc3ccccc3)CC2)c1Cl. The van der Waals surface area contributed by atoms with Gasteiger partial charge in [-0.25, -0.2) is 18.2 Å². The number of nitrogens with zero attached hydrogens (tertiary/aromatic N) is 2. The molecule has 1 aromatic heterocycles. The number of carboxylic acids is 1. The Morgan fingerprint density at radius 3 is 2.47 bits per heavy atom. The van der Waals surface area contributed by atoms with Gasteiger partial charge < -0.3 is 15.7 Å². The Bertz CT molecular complexity index is 1050. The molecule has 1 aliphatic heterocycles. The van der Waals surface area contributed by atoms with E-state index in [0.717, 1.165) is 6.20 Å². The minimum atomic E-state index is -3.79.